The Hall–Kier alpha value is -0.740. The molecule has 1 fully saturated rings. The molecule has 0 bridgehead atoms. The van der Waals surface area contributed by atoms with Gasteiger partial charge in [-0.2, -0.15) is 0 Å². The van der Waals surface area contributed by atoms with Crippen LogP contribution in [0.3, 0.4) is 0 Å². The maximum atomic E-state index is 4.99. The summed E-state index contributed by atoms with van der Waals surface area (Å²) in [6, 6.07) is 3.96. The van der Waals surface area contributed by atoms with Crippen LogP contribution in [0.5, 0.6) is 5.88 Å². The van der Waals surface area contributed by atoms with Crippen LogP contribution in [0.25, 0.3) is 0 Å². The summed E-state index contributed by atoms with van der Waals surface area (Å²) in [5, 5.41) is 3.81. The van der Waals surface area contributed by atoms with Crippen molar-refractivity contribution in [3.63, 3.8) is 0 Å². The highest BCUT2D eigenvalue weighted by Crippen LogP contribution is 2.29. The minimum Gasteiger partial charge on any atom is -0.481 e. The van der Waals surface area contributed by atoms with E-state index < -0.39 is 0 Å². The lowest BCUT2D eigenvalue weighted by molar-refractivity contribution is 0.397. The molecule has 1 unspecified atom stereocenters. The molecule has 1 aromatic rings. The smallest absolute Gasteiger partial charge is 0.212 e. The van der Waals surface area contributed by atoms with Crippen LogP contribution < -0.4 is 10.1 Å². The van der Waals surface area contributed by atoms with Gasteiger partial charge in [0.1, 0.15) is 0 Å². The molecule has 1 N–H and O–H groups in total. The summed E-state index contributed by atoms with van der Waals surface area (Å²) < 4.78 is 4.99. The maximum absolute atomic E-state index is 4.99. The molecular formula is C9H12N2OS. The van der Waals surface area contributed by atoms with Gasteiger partial charge in [0.2, 0.25) is 5.88 Å². The third-order valence-electron chi connectivity index (χ3n) is 1.99. The van der Waals surface area contributed by atoms with Crippen molar-refractivity contribution in [3.05, 3.63) is 23.9 Å². The summed E-state index contributed by atoms with van der Waals surface area (Å²) in [6.07, 6.45) is 1.87. The molecule has 4 heteroatoms. The van der Waals surface area contributed by atoms with Crippen molar-refractivity contribution in [3.8, 4) is 5.88 Å². The molecule has 2 rings (SSSR count). The number of nitrogens with zero attached hydrogens (tertiary/aromatic N) is 1. The highest BCUT2D eigenvalue weighted by Gasteiger charge is 2.16. The molecule has 0 amide bonds. The van der Waals surface area contributed by atoms with Crippen molar-refractivity contribution in [2.75, 3.05) is 19.4 Å². The van der Waals surface area contributed by atoms with Crippen LogP contribution in [0.1, 0.15) is 10.9 Å². The summed E-state index contributed by atoms with van der Waals surface area (Å²) in [5.74, 6) is 1.85. The Bertz CT molecular complexity index is 269. The quantitative estimate of drug-likeness (QED) is 0.776. The van der Waals surface area contributed by atoms with Gasteiger partial charge in [-0.1, -0.05) is 0 Å². The molecule has 2 heterocycles. The van der Waals surface area contributed by atoms with Crippen LogP contribution in [0.4, 0.5) is 0 Å². The minimum absolute atomic E-state index is 0.415. The van der Waals surface area contributed by atoms with E-state index >= 15 is 0 Å². The van der Waals surface area contributed by atoms with Crippen LogP contribution in [0.2, 0.25) is 0 Å². The zero-order valence-electron chi connectivity index (χ0n) is 7.49. The molecule has 1 aliphatic heterocycles. The van der Waals surface area contributed by atoms with Crippen LogP contribution in [-0.4, -0.2) is 24.4 Å². The first-order valence-electron chi connectivity index (χ1n) is 4.25. The Kier molecular flexibility index (Phi) is 2.71. The van der Waals surface area contributed by atoms with E-state index in [9.17, 15) is 0 Å². The first-order chi connectivity index (χ1) is 6.40. The second kappa shape index (κ2) is 3.98. The van der Waals surface area contributed by atoms with Crippen LogP contribution in [0.15, 0.2) is 18.3 Å². The first kappa shape index (κ1) is 8.84. The molecule has 1 aliphatic rings. The molecule has 0 aliphatic carbocycles. The largest absolute Gasteiger partial charge is 0.481 e. The van der Waals surface area contributed by atoms with Gasteiger partial charge in [-0.15, -0.1) is 11.8 Å². The fourth-order valence-corrected chi connectivity index (χ4v) is 2.35. The second-order valence-corrected chi connectivity index (χ2v) is 4.05. The molecule has 1 saturated heterocycles. The van der Waals surface area contributed by atoms with Crippen molar-refractivity contribution < 1.29 is 4.74 Å². The number of aromatic nitrogens is 1. The van der Waals surface area contributed by atoms with Gasteiger partial charge in [0.15, 0.2) is 0 Å². The van der Waals surface area contributed by atoms with Gasteiger partial charge in [-0.05, 0) is 11.6 Å². The van der Waals surface area contributed by atoms with E-state index in [4.69, 9.17) is 4.74 Å². The van der Waals surface area contributed by atoms with E-state index in [2.05, 4.69) is 16.4 Å². The highest BCUT2D eigenvalue weighted by molar-refractivity contribution is 7.99. The molecule has 1 atom stereocenters. The number of nitrogens with one attached hydrogen (secondary N) is 1. The Morgan fingerprint density at radius 1 is 1.62 bits per heavy atom. The van der Waals surface area contributed by atoms with Gasteiger partial charge in [0.05, 0.1) is 12.5 Å². The second-order valence-electron chi connectivity index (χ2n) is 2.84. The monoisotopic (exact) mass is 196 g/mol. The van der Waals surface area contributed by atoms with E-state index in [1.807, 2.05) is 24.0 Å². The Morgan fingerprint density at radius 3 is 3.08 bits per heavy atom. The summed E-state index contributed by atoms with van der Waals surface area (Å²) in [4.78, 5) is 4.17. The zero-order valence-corrected chi connectivity index (χ0v) is 8.30. The van der Waals surface area contributed by atoms with E-state index in [0.717, 1.165) is 6.54 Å². The molecular weight excluding hydrogens is 184 g/mol. The number of hydrogen-bond donors (Lipinski definition) is 1. The zero-order chi connectivity index (χ0) is 9.10. The predicted octanol–water partition coefficient (Wildman–Crippen LogP) is 1.43. The lowest BCUT2D eigenvalue weighted by atomic mass is 10.3. The summed E-state index contributed by atoms with van der Waals surface area (Å²) >= 11 is 1.92. The molecule has 0 spiro atoms. The van der Waals surface area contributed by atoms with Crippen molar-refractivity contribution >= 4 is 11.8 Å². The van der Waals surface area contributed by atoms with Crippen molar-refractivity contribution in [1.82, 2.24) is 10.3 Å². The molecule has 3 nitrogen and oxygen atoms in total. The highest BCUT2D eigenvalue weighted by atomic mass is 32.2. The van der Waals surface area contributed by atoms with E-state index in [0.29, 0.717) is 11.3 Å². The Morgan fingerprint density at radius 2 is 2.54 bits per heavy atom. The third-order valence-corrected chi connectivity index (χ3v) is 3.20. The fourth-order valence-electron chi connectivity index (χ4n) is 1.31. The number of methoxy groups -OCH3 is 1. The molecule has 13 heavy (non-hydrogen) atoms. The SMILES string of the molecule is COc1ccc(C2NCCS2)cn1. The minimum atomic E-state index is 0.415. The molecule has 0 radical (unpaired) electrons. The van der Waals surface area contributed by atoms with Gasteiger partial charge in [-0.3, -0.25) is 0 Å². The average Bonchev–Trinajstić information content (AvgIpc) is 2.71. The molecule has 70 valence electrons. The van der Waals surface area contributed by atoms with Crippen LogP contribution >= 0.6 is 11.8 Å². The summed E-state index contributed by atoms with van der Waals surface area (Å²) in [6.45, 7) is 1.08. The van der Waals surface area contributed by atoms with Gasteiger partial charge >= 0.3 is 0 Å². The van der Waals surface area contributed by atoms with Gasteiger partial charge in [-0.25, -0.2) is 4.98 Å². The number of ether oxygens (including phenoxy) is 1. The van der Waals surface area contributed by atoms with E-state index in [-0.39, 0.29) is 0 Å². The fraction of sp³-hybridized carbons (Fsp3) is 0.444. The normalized spacial score (nSPS) is 21.8. The topological polar surface area (TPSA) is 34.1 Å². The van der Waals surface area contributed by atoms with Crippen molar-refractivity contribution in [1.29, 1.82) is 0 Å². The van der Waals surface area contributed by atoms with E-state index in [1.54, 1.807) is 7.11 Å². The van der Waals surface area contributed by atoms with Crippen LogP contribution in [-0.2, 0) is 0 Å². The average molecular weight is 196 g/mol. The first-order valence-corrected chi connectivity index (χ1v) is 5.30. The van der Waals surface area contributed by atoms with Crippen molar-refractivity contribution in [2.45, 2.75) is 5.37 Å². The number of pyridine rings is 1. The van der Waals surface area contributed by atoms with Gasteiger partial charge < -0.3 is 10.1 Å². The molecule has 0 saturated carbocycles. The lowest BCUT2D eigenvalue weighted by Crippen LogP contribution is -2.12. The van der Waals surface area contributed by atoms with Crippen LogP contribution in [0, 0.1) is 0 Å². The number of hydrogen-bond acceptors (Lipinski definition) is 4. The number of rotatable bonds is 2. The standard InChI is InChI=1S/C9H12N2OS/c1-12-8-3-2-7(6-11-8)9-10-4-5-13-9/h2-3,6,9-10H,4-5H2,1H3. The summed E-state index contributed by atoms with van der Waals surface area (Å²) in [7, 11) is 1.63. The predicted molar refractivity (Wildman–Crippen MR) is 54.0 cm³/mol. The Balaban J connectivity index is 2.12. The molecule has 0 aromatic carbocycles. The maximum Gasteiger partial charge on any atom is 0.212 e. The lowest BCUT2D eigenvalue weighted by Gasteiger charge is -2.09. The van der Waals surface area contributed by atoms with Crippen molar-refractivity contribution in [2.24, 2.45) is 0 Å². The van der Waals surface area contributed by atoms with E-state index in [1.165, 1.54) is 11.3 Å². The summed E-state index contributed by atoms with van der Waals surface area (Å²) in [5.41, 5.74) is 1.23. The molecule has 1 aromatic heterocycles. The third kappa shape index (κ3) is 1.95. The number of thioether (sulfide) groups is 1. The van der Waals surface area contributed by atoms with Gasteiger partial charge in [0, 0.05) is 24.6 Å². The van der Waals surface area contributed by atoms with Gasteiger partial charge in [0.25, 0.3) is 0 Å². The Labute approximate surface area is 81.9 Å².